The highest BCUT2D eigenvalue weighted by atomic mass is 16.5. The molecule has 0 bridgehead atoms. The van der Waals surface area contributed by atoms with Crippen molar-refractivity contribution in [3.63, 3.8) is 0 Å². The largest absolute Gasteiger partial charge is 0.481 e. The second kappa shape index (κ2) is 8.21. The predicted octanol–water partition coefficient (Wildman–Crippen LogP) is 0.569. The molecule has 86 valence electrons. The molecule has 0 saturated heterocycles. The molecule has 0 aromatic rings. The first kappa shape index (κ1) is 13.9. The number of hydrogen-bond acceptors (Lipinski definition) is 4. The van der Waals surface area contributed by atoms with Crippen LogP contribution in [0.4, 0.5) is 0 Å². The lowest BCUT2D eigenvalue weighted by molar-refractivity contribution is -0.141. The Hall–Kier alpha value is -1.12. The van der Waals surface area contributed by atoms with Crippen LogP contribution in [0.1, 0.15) is 13.3 Å². The van der Waals surface area contributed by atoms with E-state index in [4.69, 9.17) is 15.1 Å². The zero-order chi connectivity index (χ0) is 11.7. The Morgan fingerprint density at radius 1 is 1.67 bits per heavy atom. The van der Waals surface area contributed by atoms with Crippen LogP contribution in [0.2, 0.25) is 0 Å². The Labute approximate surface area is 90.2 Å². The number of carboxylic acid groups (broad SMARTS) is 1. The lowest BCUT2D eigenvalue weighted by Crippen LogP contribution is -2.33. The first-order chi connectivity index (χ1) is 7.11. The number of nitriles is 1. The highest BCUT2D eigenvalue weighted by molar-refractivity contribution is 5.69. The number of carboxylic acids is 1. The number of methoxy groups -OCH3 is 1. The Kier molecular flexibility index (Phi) is 7.60. The van der Waals surface area contributed by atoms with E-state index in [2.05, 4.69) is 0 Å². The first-order valence-corrected chi connectivity index (χ1v) is 4.92. The standard InChI is InChI=1S/C10H18N2O3/c1-9(10(13)14)8-12(6-4-11)5-3-7-15-2/h9H,3,5-8H2,1-2H3,(H,13,14). The van der Waals surface area contributed by atoms with Crippen LogP contribution in [-0.2, 0) is 9.53 Å². The zero-order valence-corrected chi connectivity index (χ0v) is 9.27. The Bertz CT molecular complexity index is 225. The van der Waals surface area contributed by atoms with Gasteiger partial charge in [-0.15, -0.1) is 0 Å². The van der Waals surface area contributed by atoms with Gasteiger partial charge in [0.05, 0.1) is 18.5 Å². The van der Waals surface area contributed by atoms with Gasteiger partial charge < -0.3 is 9.84 Å². The third-order valence-corrected chi connectivity index (χ3v) is 2.07. The molecule has 15 heavy (non-hydrogen) atoms. The molecular weight excluding hydrogens is 196 g/mol. The Balaban J connectivity index is 3.93. The van der Waals surface area contributed by atoms with E-state index in [-0.39, 0.29) is 6.54 Å². The van der Waals surface area contributed by atoms with Gasteiger partial charge in [0.15, 0.2) is 0 Å². The molecule has 0 heterocycles. The second-order valence-corrected chi connectivity index (χ2v) is 3.48. The van der Waals surface area contributed by atoms with Gasteiger partial charge in [-0.25, -0.2) is 0 Å². The minimum Gasteiger partial charge on any atom is -0.481 e. The summed E-state index contributed by atoms with van der Waals surface area (Å²) in [6.45, 7) is 3.64. The Morgan fingerprint density at radius 2 is 2.33 bits per heavy atom. The van der Waals surface area contributed by atoms with Crippen molar-refractivity contribution >= 4 is 5.97 Å². The van der Waals surface area contributed by atoms with Gasteiger partial charge in [0, 0.05) is 26.8 Å². The summed E-state index contributed by atoms with van der Waals surface area (Å²) in [6, 6.07) is 2.03. The average molecular weight is 214 g/mol. The van der Waals surface area contributed by atoms with Gasteiger partial charge in [-0.1, -0.05) is 6.92 Å². The van der Waals surface area contributed by atoms with Gasteiger partial charge in [-0.3, -0.25) is 9.69 Å². The van der Waals surface area contributed by atoms with Crippen LogP contribution >= 0.6 is 0 Å². The molecule has 1 atom stereocenters. The van der Waals surface area contributed by atoms with Gasteiger partial charge >= 0.3 is 5.97 Å². The van der Waals surface area contributed by atoms with E-state index in [9.17, 15) is 4.79 Å². The maximum atomic E-state index is 10.6. The molecule has 5 nitrogen and oxygen atoms in total. The minimum absolute atomic E-state index is 0.265. The summed E-state index contributed by atoms with van der Waals surface area (Å²) >= 11 is 0. The van der Waals surface area contributed by atoms with Crippen molar-refractivity contribution in [1.82, 2.24) is 4.90 Å². The third kappa shape index (κ3) is 6.89. The molecule has 0 aliphatic rings. The molecule has 0 aromatic heterocycles. The van der Waals surface area contributed by atoms with Crippen LogP contribution in [-0.4, -0.2) is 49.3 Å². The van der Waals surface area contributed by atoms with Crippen molar-refractivity contribution in [2.45, 2.75) is 13.3 Å². The molecule has 0 fully saturated rings. The fourth-order valence-electron chi connectivity index (χ4n) is 1.23. The van der Waals surface area contributed by atoms with Crippen molar-refractivity contribution in [3.05, 3.63) is 0 Å². The summed E-state index contributed by atoms with van der Waals surface area (Å²) in [5.41, 5.74) is 0. The maximum Gasteiger partial charge on any atom is 0.307 e. The van der Waals surface area contributed by atoms with Gasteiger partial charge in [-0.2, -0.15) is 5.26 Å². The summed E-state index contributed by atoms with van der Waals surface area (Å²) in [6.07, 6.45) is 0.810. The van der Waals surface area contributed by atoms with Gasteiger partial charge in [0.1, 0.15) is 0 Å². The van der Waals surface area contributed by atoms with E-state index >= 15 is 0 Å². The minimum atomic E-state index is -0.829. The summed E-state index contributed by atoms with van der Waals surface area (Å²) in [4.78, 5) is 12.5. The van der Waals surface area contributed by atoms with Crippen molar-refractivity contribution in [2.75, 3.05) is 33.4 Å². The van der Waals surface area contributed by atoms with E-state index in [1.165, 1.54) is 0 Å². The summed E-state index contributed by atoms with van der Waals surface area (Å²) in [5, 5.41) is 17.3. The molecule has 0 aliphatic carbocycles. The number of rotatable bonds is 8. The van der Waals surface area contributed by atoms with Crippen molar-refractivity contribution < 1.29 is 14.6 Å². The molecule has 0 aromatic carbocycles. The average Bonchev–Trinajstić information content (AvgIpc) is 2.18. The lowest BCUT2D eigenvalue weighted by Gasteiger charge is -2.20. The monoisotopic (exact) mass is 214 g/mol. The molecular formula is C10H18N2O3. The van der Waals surface area contributed by atoms with Crippen LogP contribution in [0.25, 0.3) is 0 Å². The smallest absolute Gasteiger partial charge is 0.307 e. The van der Waals surface area contributed by atoms with Crippen LogP contribution in [0.5, 0.6) is 0 Å². The quantitative estimate of drug-likeness (QED) is 0.472. The van der Waals surface area contributed by atoms with Crippen molar-refractivity contribution in [3.8, 4) is 6.07 Å². The molecule has 0 radical (unpaired) electrons. The zero-order valence-electron chi connectivity index (χ0n) is 9.27. The van der Waals surface area contributed by atoms with Crippen molar-refractivity contribution in [2.24, 2.45) is 5.92 Å². The van der Waals surface area contributed by atoms with E-state index in [1.54, 1.807) is 14.0 Å². The van der Waals surface area contributed by atoms with Gasteiger partial charge in [0.2, 0.25) is 0 Å². The second-order valence-electron chi connectivity index (χ2n) is 3.48. The fourth-order valence-corrected chi connectivity index (χ4v) is 1.23. The van der Waals surface area contributed by atoms with Crippen LogP contribution in [0.3, 0.4) is 0 Å². The van der Waals surface area contributed by atoms with E-state index in [1.807, 2.05) is 11.0 Å². The summed E-state index contributed by atoms with van der Waals surface area (Å²) in [5.74, 6) is -1.27. The lowest BCUT2D eigenvalue weighted by atomic mass is 10.1. The predicted molar refractivity (Wildman–Crippen MR) is 55.3 cm³/mol. The first-order valence-electron chi connectivity index (χ1n) is 4.92. The molecule has 0 saturated carbocycles. The van der Waals surface area contributed by atoms with Crippen molar-refractivity contribution in [1.29, 1.82) is 5.26 Å². The van der Waals surface area contributed by atoms with Gasteiger partial charge in [0.25, 0.3) is 0 Å². The molecule has 1 unspecified atom stereocenters. The van der Waals surface area contributed by atoms with E-state index in [0.29, 0.717) is 19.7 Å². The summed E-state index contributed by atoms with van der Waals surface area (Å²) in [7, 11) is 1.62. The highest BCUT2D eigenvalue weighted by Gasteiger charge is 2.15. The van der Waals surface area contributed by atoms with Crippen LogP contribution < -0.4 is 0 Å². The molecule has 0 amide bonds. The van der Waals surface area contributed by atoms with Crippen LogP contribution in [0, 0.1) is 17.2 Å². The molecule has 1 N–H and O–H groups in total. The van der Waals surface area contributed by atoms with Crippen LogP contribution in [0.15, 0.2) is 0 Å². The molecule has 5 heteroatoms. The third-order valence-electron chi connectivity index (χ3n) is 2.07. The van der Waals surface area contributed by atoms with E-state index in [0.717, 1.165) is 6.42 Å². The van der Waals surface area contributed by atoms with E-state index < -0.39 is 11.9 Å². The highest BCUT2D eigenvalue weighted by Crippen LogP contribution is 2.01. The molecule has 0 rings (SSSR count). The Morgan fingerprint density at radius 3 is 2.80 bits per heavy atom. The molecule has 0 spiro atoms. The number of nitrogens with zero attached hydrogens (tertiary/aromatic N) is 2. The van der Waals surface area contributed by atoms with Gasteiger partial charge in [-0.05, 0) is 6.42 Å². The topological polar surface area (TPSA) is 73.6 Å². The number of aliphatic carboxylic acids is 1. The number of hydrogen-bond donors (Lipinski definition) is 1. The summed E-state index contributed by atoms with van der Waals surface area (Å²) < 4.78 is 4.90. The SMILES string of the molecule is COCCCN(CC#N)CC(C)C(=O)O. The normalized spacial score (nSPS) is 12.4. The maximum absolute atomic E-state index is 10.6. The molecule has 0 aliphatic heterocycles. The number of ether oxygens (including phenoxy) is 1. The number of carbonyl (C=O) groups is 1. The fraction of sp³-hybridized carbons (Fsp3) is 0.800.